The fourth-order valence-electron chi connectivity index (χ4n) is 1.72. The van der Waals surface area contributed by atoms with Crippen LogP contribution in [0.5, 0.6) is 5.75 Å². The van der Waals surface area contributed by atoms with Crippen LogP contribution in [0.2, 0.25) is 0 Å². The van der Waals surface area contributed by atoms with E-state index in [2.05, 4.69) is 0 Å². The number of allylic oxidation sites excluding steroid dienone is 4. The van der Waals surface area contributed by atoms with Gasteiger partial charge < -0.3 is 4.74 Å². The lowest BCUT2D eigenvalue weighted by molar-refractivity contribution is 0.380. The second-order valence-corrected chi connectivity index (χ2v) is 5.45. The maximum absolute atomic E-state index is 9.29. The molecule has 0 spiro atoms. The molecule has 100 valence electrons. The first-order valence-corrected chi connectivity index (χ1v) is 6.67. The minimum absolute atomic E-state index is 0.0186. The monoisotopic (exact) mass is 324 g/mol. The van der Waals surface area contributed by atoms with E-state index in [4.69, 9.17) is 44.8 Å². The number of halogens is 3. The highest BCUT2D eigenvalue weighted by Gasteiger charge is 2.43. The van der Waals surface area contributed by atoms with E-state index >= 15 is 0 Å². The Hall–Kier alpha value is -1.65. The molecule has 0 saturated heterocycles. The first-order valence-electron chi connectivity index (χ1n) is 5.54. The zero-order valence-electron chi connectivity index (χ0n) is 10.0. The molecule has 1 unspecified atom stereocenters. The smallest absolute Gasteiger partial charge is 0.194 e. The Kier molecular flexibility index (Phi) is 4.26. The van der Waals surface area contributed by atoms with Crippen molar-refractivity contribution < 1.29 is 4.74 Å². The minimum Gasteiger partial charge on any atom is -0.457 e. The summed E-state index contributed by atoms with van der Waals surface area (Å²) in [7, 11) is 0. The van der Waals surface area contributed by atoms with Crippen LogP contribution in [-0.4, -0.2) is 4.87 Å². The number of nitriles is 2. The third-order valence-corrected chi connectivity index (χ3v) is 3.98. The molecule has 0 N–H and O–H groups in total. The highest BCUT2D eigenvalue weighted by atomic mass is 35.5. The Morgan fingerprint density at radius 1 is 1.10 bits per heavy atom. The highest BCUT2D eigenvalue weighted by molar-refractivity contribution is 6.45. The van der Waals surface area contributed by atoms with E-state index in [1.165, 1.54) is 0 Å². The molecular weight excluding hydrogens is 319 g/mol. The summed E-state index contributed by atoms with van der Waals surface area (Å²) in [6.07, 6.45) is -0.0568. The lowest BCUT2D eigenvalue weighted by Crippen LogP contribution is -2.30. The Bertz CT molecular complexity index is 683. The van der Waals surface area contributed by atoms with E-state index in [-0.39, 0.29) is 27.8 Å². The minimum atomic E-state index is -1.55. The molecule has 1 atom stereocenters. The van der Waals surface area contributed by atoms with Crippen molar-refractivity contribution in [2.45, 2.75) is 11.3 Å². The number of alkyl halides is 1. The fraction of sp³-hybridized carbons (Fsp3) is 0.143. The molecule has 0 heterocycles. The quantitative estimate of drug-likeness (QED) is 0.755. The summed E-state index contributed by atoms with van der Waals surface area (Å²) in [6, 6.07) is 12.6. The van der Waals surface area contributed by atoms with Gasteiger partial charge in [0, 0.05) is 6.42 Å². The average Bonchev–Trinajstić information content (AvgIpc) is 2.48. The molecule has 0 saturated carbocycles. The van der Waals surface area contributed by atoms with Gasteiger partial charge in [-0.1, -0.05) is 53.0 Å². The van der Waals surface area contributed by atoms with E-state index in [9.17, 15) is 5.26 Å². The number of rotatable bonds is 2. The second kappa shape index (κ2) is 5.77. The summed E-state index contributed by atoms with van der Waals surface area (Å²) >= 11 is 18.3. The molecule has 0 amide bonds. The van der Waals surface area contributed by atoms with Crippen molar-refractivity contribution >= 4 is 34.8 Å². The summed E-state index contributed by atoms with van der Waals surface area (Å²) in [4.78, 5) is -1.55. The molecule has 0 aliphatic heterocycles. The fourth-order valence-corrected chi connectivity index (χ4v) is 2.54. The number of para-hydroxylation sites is 1. The van der Waals surface area contributed by atoms with Gasteiger partial charge in [-0.25, -0.2) is 0 Å². The lowest BCUT2D eigenvalue weighted by atomic mass is 9.93. The summed E-state index contributed by atoms with van der Waals surface area (Å²) < 4.78 is 5.60. The maximum atomic E-state index is 9.29. The molecule has 1 aromatic rings. The Balaban J connectivity index is 2.52. The van der Waals surface area contributed by atoms with Gasteiger partial charge in [0.15, 0.2) is 10.6 Å². The van der Waals surface area contributed by atoms with Gasteiger partial charge in [-0.2, -0.15) is 10.5 Å². The van der Waals surface area contributed by atoms with Crippen LogP contribution >= 0.6 is 34.8 Å². The first-order chi connectivity index (χ1) is 9.51. The molecule has 0 radical (unpaired) electrons. The van der Waals surface area contributed by atoms with Crippen LogP contribution in [-0.2, 0) is 0 Å². The molecular formula is C14H7Cl3N2O. The Labute approximate surface area is 131 Å². The van der Waals surface area contributed by atoms with Crippen LogP contribution in [0.15, 0.2) is 51.7 Å². The number of hydrogen-bond donors (Lipinski definition) is 0. The van der Waals surface area contributed by atoms with Crippen molar-refractivity contribution in [2.75, 3.05) is 0 Å². The van der Waals surface area contributed by atoms with Gasteiger partial charge in [0.05, 0.1) is 22.7 Å². The third-order valence-electron chi connectivity index (χ3n) is 2.71. The van der Waals surface area contributed by atoms with Gasteiger partial charge in [0.1, 0.15) is 10.8 Å². The number of hydrogen-bond acceptors (Lipinski definition) is 3. The Morgan fingerprint density at radius 3 is 2.30 bits per heavy atom. The van der Waals surface area contributed by atoms with E-state index in [1.54, 1.807) is 24.3 Å². The molecule has 3 nitrogen and oxygen atoms in total. The summed E-state index contributed by atoms with van der Waals surface area (Å²) in [6.45, 7) is 0. The van der Waals surface area contributed by atoms with E-state index in [0.717, 1.165) is 0 Å². The van der Waals surface area contributed by atoms with Crippen LogP contribution in [0.3, 0.4) is 0 Å². The number of nitrogens with zero attached hydrogens (tertiary/aromatic N) is 2. The SMILES string of the molecule is N#CC1=C(Cl)C(Cl)=C(Oc2ccccc2)C(Cl)(C#N)C1. The van der Waals surface area contributed by atoms with Crippen LogP contribution in [0.1, 0.15) is 6.42 Å². The maximum Gasteiger partial charge on any atom is 0.194 e. The van der Waals surface area contributed by atoms with Gasteiger partial charge in [-0.15, -0.1) is 0 Å². The van der Waals surface area contributed by atoms with Gasteiger partial charge in [-0.3, -0.25) is 0 Å². The second-order valence-electron chi connectivity index (χ2n) is 4.05. The molecule has 0 fully saturated rings. The van der Waals surface area contributed by atoms with Crippen LogP contribution in [0, 0.1) is 22.7 Å². The van der Waals surface area contributed by atoms with Crippen LogP contribution in [0.4, 0.5) is 0 Å². The number of ether oxygens (including phenoxy) is 1. The van der Waals surface area contributed by atoms with Crippen LogP contribution in [0.25, 0.3) is 0 Å². The molecule has 2 rings (SSSR count). The molecule has 0 bridgehead atoms. The molecule has 1 aliphatic rings. The van der Waals surface area contributed by atoms with Gasteiger partial charge >= 0.3 is 0 Å². The van der Waals surface area contributed by atoms with Gasteiger partial charge in [0.25, 0.3) is 0 Å². The predicted octanol–water partition coefficient (Wildman–Crippen LogP) is 4.44. The van der Waals surface area contributed by atoms with Crippen molar-refractivity contribution in [2.24, 2.45) is 0 Å². The van der Waals surface area contributed by atoms with Crippen LogP contribution < -0.4 is 4.74 Å². The molecule has 20 heavy (non-hydrogen) atoms. The average molecular weight is 326 g/mol. The zero-order chi connectivity index (χ0) is 14.8. The zero-order valence-corrected chi connectivity index (χ0v) is 12.3. The summed E-state index contributed by atoms with van der Waals surface area (Å²) in [5.74, 6) is 0.518. The van der Waals surface area contributed by atoms with Crippen molar-refractivity contribution in [3.8, 4) is 17.9 Å². The van der Waals surface area contributed by atoms with E-state index in [0.29, 0.717) is 5.75 Å². The van der Waals surface area contributed by atoms with Gasteiger partial charge in [0.2, 0.25) is 0 Å². The number of benzene rings is 1. The molecule has 6 heteroatoms. The molecule has 1 aromatic carbocycles. The van der Waals surface area contributed by atoms with Crippen molar-refractivity contribution in [3.63, 3.8) is 0 Å². The summed E-state index contributed by atoms with van der Waals surface area (Å²) in [5, 5.41) is 18.3. The lowest BCUT2D eigenvalue weighted by Gasteiger charge is -2.27. The molecule has 1 aliphatic carbocycles. The molecule has 0 aromatic heterocycles. The predicted molar refractivity (Wildman–Crippen MR) is 77.3 cm³/mol. The highest BCUT2D eigenvalue weighted by Crippen LogP contribution is 2.44. The van der Waals surface area contributed by atoms with Gasteiger partial charge in [-0.05, 0) is 12.1 Å². The van der Waals surface area contributed by atoms with E-state index < -0.39 is 4.87 Å². The van der Waals surface area contributed by atoms with Crippen molar-refractivity contribution in [1.82, 2.24) is 0 Å². The van der Waals surface area contributed by atoms with Crippen molar-refractivity contribution in [3.05, 3.63) is 51.7 Å². The Morgan fingerprint density at radius 2 is 1.75 bits per heavy atom. The topological polar surface area (TPSA) is 56.8 Å². The van der Waals surface area contributed by atoms with Crippen molar-refractivity contribution in [1.29, 1.82) is 10.5 Å². The largest absolute Gasteiger partial charge is 0.457 e. The first kappa shape index (κ1) is 14.8. The summed E-state index contributed by atoms with van der Waals surface area (Å²) in [5.41, 5.74) is 0.161. The third kappa shape index (κ3) is 2.62. The van der Waals surface area contributed by atoms with E-state index in [1.807, 2.05) is 18.2 Å². The standard InChI is InChI=1S/C14H7Cl3N2O/c15-11-9(7-18)6-14(17,8-19)13(12(11)16)20-10-4-2-1-3-5-10/h1-5H,6H2. The normalized spacial score (nSPS) is 22.2.